The van der Waals surface area contributed by atoms with Crippen molar-refractivity contribution >= 4 is 0 Å². The van der Waals surface area contributed by atoms with Gasteiger partial charge in [-0.05, 0) is 13.8 Å². The Labute approximate surface area is 113 Å². The van der Waals surface area contributed by atoms with E-state index < -0.39 is 0 Å². The smallest absolute Gasteiger partial charge is 0.0245 e. The van der Waals surface area contributed by atoms with E-state index in [2.05, 4.69) is 57.9 Å². The minimum Gasteiger partial charge on any atom is -0.380 e. The first kappa shape index (κ1) is 14.1. The van der Waals surface area contributed by atoms with Crippen LogP contribution in [0.2, 0.25) is 0 Å². The van der Waals surface area contributed by atoms with Crippen LogP contribution in [0.5, 0.6) is 0 Å². The Morgan fingerprint density at radius 3 is 2.36 bits per heavy atom. The molecule has 1 rings (SSSR count). The van der Waals surface area contributed by atoms with Gasteiger partial charge in [-0.25, -0.2) is 0 Å². The molecule has 0 aromatic rings. The second-order valence-corrected chi connectivity index (χ2v) is 3.97. The summed E-state index contributed by atoms with van der Waals surface area (Å²) >= 11 is 0. The maximum atomic E-state index is 3.38. The molecule has 0 amide bonds. The third-order valence-electron chi connectivity index (χ3n) is 2.09. The summed E-state index contributed by atoms with van der Waals surface area (Å²) in [7, 11) is 0. The zero-order valence-corrected chi connectivity index (χ0v) is 12.6. The molecule has 1 aliphatic heterocycles. The molecule has 0 saturated carbocycles. The van der Waals surface area contributed by atoms with Crippen LogP contribution >= 0.6 is 0 Å². The van der Waals surface area contributed by atoms with E-state index in [-0.39, 0.29) is 32.7 Å². The van der Waals surface area contributed by atoms with Crippen molar-refractivity contribution in [2.45, 2.75) is 40.7 Å². The molecule has 0 spiro atoms. The van der Waals surface area contributed by atoms with Crippen molar-refractivity contribution in [3.63, 3.8) is 0 Å². The molecule has 14 heavy (non-hydrogen) atoms. The van der Waals surface area contributed by atoms with Crippen LogP contribution in [0, 0.1) is 6.08 Å². The molecule has 0 aliphatic carbocycles. The molecule has 0 aromatic heterocycles. The molecule has 0 N–H and O–H groups in total. The Hall–Kier alpha value is 0.124. The van der Waals surface area contributed by atoms with Crippen LogP contribution in [0.4, 0.5) is 0 Å². The van der Waals surface area contributed by atoms with Gasteiger partial charge in [0.1, 0.15) is 0 Å². The Morgan fingerprint density at radius 2 is 1.93 bits per heavy atom. The van der Waals surface area contributed by atoms with Gasteiger partial charge >= 0.3 is 0 Å². The van der Waals surface area contributed by atoms with Gasteiger partial charge in [-0.15, -0.1) is 11.6 Å². The van der Waals surface area contributed by atoms with Gasteiger partial charge in [-0.2, -0.15) is 11.6 Å². The molecular formula is C12H18NY-. The van der Waals surface area contributed by atoms with Crippen molar-refractivity contribution in [2.75, 3.05) is 0 Å². The van der Waals surface area contributed by atoms with Crippen LogP contribution < -0.4 is 0 Å². The van der Waals surface area contributed by atoms with Crippen LogP contribution in [0.25, 0.3) is 0 Å². The van der Waals surface area contributed by atoms with Crippen LogP contribution in [0.1, 0.15) is 34.6 Å². The van der Waals surface area contributed by atoms with E-state index >= 15 is 0 Å². The fraction of sp³-hybridized carbons (Fsp3) is 0.500. The summed E-state index contributed by atoms with van der Waals surface area (Å²) in [6.45, 7) is 10.7. The monoisotopic (exact) mass is 265 g/mol. The minimum absolute atomic E-state index is 0. The SMILES string of the molecule is CC1=[C-]C(=C(C)C)N(C(C)C)C=C1.[Y]. The van der Waals surface area contributed by atoms with Crippen molar-refractivity contribution in [3.05, 3.63) is 35.2 Å². The molecule has 0 fully saturated rings. The van der Waals surface area contributed by atoms with E-state index in [0.717, 1.165) is 0 Å². The number of hydrogen-bond acceptors (Lipinski definition) is 1. The molecule has 1 aliphatic rings. The Kier molecular flexibility index (Phi) is 5.92. The van der Waals surface area contributed by atoms with Crippen LogP contribution in [0.15, 0.2) is 29.1 Å². The van der Waals surface area contributed by atoms with E-state index in [0.29, 0.717) is 6.04 Å². The summed E-state index contributed by atoms with van der Waals surface area (Å²) in [6, 6.07) is 0.502. The number of hydrogen-bond donors (Lipinski definition) is 0. The van der Waals surface area contributed by atoms with Crippen LogP contribution in [-0.4, -0.2) is 10.9 Å². The molecule has 0 atom stereocenters. The molecule has 0 bridgehead atoms. The first-order valence-corrected chi connectivity index (χ1v) is 4.77. The molecule has 75 valence electrons. The van der Waals surface area contributed by atoms with Crippen molar-refractivity contribution in [1.82, 2.24) is 4.90 Å². The maximum Gasteiger partial charge on any atom is 0.0245 e. The fourth-order valence-electron chi connectivity index (χ4n) is 1.37. The van der Waals surface area contributed by atoms with Gasteiger partial charge in [-0.3, -0.25) is 0 Å². The predicted molar refractivity (Wildman–Crippen MR) is 56.9 cm³/mol. The van der Waals surface area contributed by atoms with Gasteiger partial charge in [0.25, 0.3) is 0 Å². The second kappa shape index (κ2) is 5.87. The zero-order chi connectivity index (χ0) is 10.0. The van der Waals surface area contributed by atoms with Crippen molar-refractivity contribution < 1.29 is 32.7 Å². The second-order valence-electron chi connectivity index (χ2n) is 3.97. The largest absolute Gasteiger partial charge is 0.380 e. The molecule has 1 nitrogen and oxygen atoms in total. The van der Waals surface area contributed by atoms with E-state index in [9.17, 15) is 0 Å². The van der Waals surface area contributed by atoms with Gasteiger partial charge in [0.15, 0.2) is 0 Å². The first-order valence-electron chi connectivity index (χ1n) is 4.77. The van der Waals surface area contributed by atoms with E-state index in [1.165, 1.54) is 16.8 Å². The Balaban J connectivity index is 0.00000169. The average Bonchev–Trinajstić information content (AvgIpc) is 2.03. The number of nitrogens with zero attached hydrogens (tertiary/aromatic N) is 1. The summed E-state index contributed by atoms with van der Waals surface area (Å²) in [5.41, 5.74) is 3.74. The van der Waals surface area contributed by atoms with Gasteiger partial charge < -0.3 is 4.90 Å². The van der Waals surface area contributed by atoms with Crippen molar-refractivity contribution in [2.24, 2.45) is 0 Å². The van der Waals surface area contributed by atoms with Gasteiger partial charge in [0, 0.05) is 38.8 Å². The molecule has 1 radical (unpaired) electrons. The normalized spacial score (nSPS) is 15.4. The number of rotatable bonds is 1. The van der Waals surface area contributed by atoms with Gasteiger partial charge in [0.2, 0.25) is 0 Å². The summed E-state index contributed by atoms with van der Waals surface area (Å²) in [4.78, 5) is 2.25. The summed E-state index contributed by atoms with van der Waals surface area (Å²) in [5, 5.41) is 0. The molecular weight excluding hydrogens is 247 g/mol. The number of allylic oxidation sites excluding steroid dienone is 4. The third-order valence-corrected chi connectivity index (χ3v) is 2.09. The Morgan fingerprint density at radius 1 is 1.36 bits per heavy atom. The molecule has 2 heteroatoms. The maximum absolute atomic E-state index is 3.38. The summed E-state index contributed by atoms with van der Waals surface area (Å²) < 4.78 is 0. The molecule has 1 heterocycles. The fourth-order valence-corrected chi connectivity index (χ4v) is 1.37. The van der Waals surface area contributed by atoms with Crippen LogP contribution in [0.3, 0.4) is 0 Å². The van der Waals surface area contributed by atoms with E-state index in [1.54, 1.807) is 0 Å². The molecule has 0 aromatic carbocycles. The van der Waals surface area contributed by atoms with E-state index in [4.69, 9.17) is 0 Å². The Bertz CT molecular complexity index is 281. The van der Waals surface area contributed by atoms with Crippen LogP contribution in [-0.2, 0) is 32.7 Å². The quantitative estimate of drug-likeness (QED) is 0.658. The van der Waals surface area contributed by atoms with Gasteiger partial charge in [-0.1, -0.05) is 32.7 Å². The molecule has 0 unspecified atom stereocenters. The predicted octanol–water partition coefficient (Wildman–Crippen LogP) is 3.26. The summed E-state index contributed by atoms with van der Waals surface area (Å²) in [6.07, 6.45) is 7.62. The summed E-state index contributed by atoms with van der Waals surface area (Å²) in [5.74, 6) is 0. The first-order chi connectivity index (χ1) is 6.02. The zero-order valence-electron chi connectivity index (χ0n) is 9.76. The third kappa shape index (κ3) is 3.36. The van der Waals surface area contributed by atoms with Crippen molar-refractivity contribution in [3.8, 4) is 0 Å². The standard InChI is InChI=1S/C12H18N.Y/c1-9(2)12-8-11(5)6-7-13(12)10(3)4;/h6-7,10H,1-5H3;/q-1;. The minimum atomic E-state index is 0. The molecule has 0 saturated heterocycles. The van der Waals surface area contributed by atoms with Crippen molar-refractivity contribution in [1.29, 1.82) is 0 Å². The average molecular weight is 265 g/mol. The topological polar surface area (TPSA) is 3.24 Å². The van der Waals surface area contributed by atoms with Gasteiger partial charge in [0.05, 0.1) is 0 Å². The van der Waals surface area contributed by atoms with E-state index in [1.807, 2.05) is 0 Å².